The van der Waals surface area contributed by atoms with Gasteiger partial charge in [0.15, 0.2) is 0 Å². The van der Waals surface area contributed by atoms with Crippen LogP contribution < -0.4 is 10.6 Å². The first-order chi connectivity index (χ1) is 9.49. The number of ether oxygens (including phenoxy) is 1. The van der Waals surface area contributed by atoms with Gasteiger partial charge in [0.1, 0.15) is 12.6 Å². The highest BCUT2D eigenvalue weighted by Gasteiger charge is 2.16. The number of carbonyl (C=O) groups excluding carboxylic acids is 3. The Morgan fingerprint density at radius 1 is 1.25 bits per heavy atom. The third-order valence-corrected chi connectivity index (χ3v) is 2.51. The molecule has 1 aromatic carbocycles. The average Bonchev–Trinajstić information content (AvgIpc) is 2.43. The number of hydrogen-bond donors (Lipinski definition) is 3. The highest BCUT2D eigenvalue weighted by Crippen LogP contribution is 2.00. The minimum absolute atomic E-state index is 0.121. The minimum atomic E-state index is -0.800. The molecule has 0 radical (unpaired) electrons. The van der Waals surface area contributed by atoms with Crippen LogP contribution in [-0.4, -0.2) is 29.7 Å². The maximum atomic E-state index is 11.5. The van der Waals surface area contributed by atoms with Crippen molar-refractivity contribution in [2.45, 2.75) is 19.6 Å². The Kier molecular flexibility index (Phi) is 6.58. The molecule has 6 nitrogen and oxygen atoms in total. The summed E-state index contributed by atoms with van der Waals surface area (Å²) in [6, 6.07) is 8.37. The SMILES string of the molecule is C[C@H](NC(=O)OCc1ccccc1)C(=O)NCC(=O)S. The quantitative estimate of drug-likeness (QED) is 0.680. The lowest BCUT2D eigenvalue weighted by atomic mass is 10.2. The van der Waals surface area contributed by atoms with Gasteiger partial charge in [0.2, 0.25) is 11.0 Å². The number of carbonyl (C=O) groups is 3. The smallest absolute Gasteiger partial charge is 0.408 e. The molecule has 1 aromatic rings. The molecule has 0 aliphatic carbocycles. The first-order valence-corrected chi connectivity index (χ1v) is 6.40. The number of rotatable bonds is 6. The summed E-state index contributed by atoms with van der Waals surface area (Å²) in [7, 11) is 0. The van der Waals surface area contributed by atoms with Crippen LogP contribution in [0.3, 0.4) is 0 Å². The standard InChI is InChI=1S/C13H16N2O4S/c1-9(12(17)14-7-11(16)20)15-13(18)19-8-10-5-3-2-4-6-10/h2-6,9H,7-8H2,1H3,(H,14,17)(H,15,18)(H,16,20)/t9-/m0/s1. The van der Waals surface area contributed by atoms with Crippen LogP contribution in [0.5, 0.6) is 0 Å². The van der Waals surface area contributed by atoms with Gasteiger partial charge in [-0.3, -0.25) is 9.59 Å². The number of amides is 2. The van der Waals surface area contributed by atoms with Gasteiger partial charge in [0.25, 0.3) is 0 Å². The molecule has 108 valence electrons. The summed E-state index contributed by atoms with van der Waals surface area (Å²) in [6.07, 6.45) is -0.700. The van der Waals surface area contributed by atoms with E-state index in [-0.39, 0.29) is 13.2 Å². The molecule has 1 atom stereocenters. The van der Waals surface area contributed by atoms with E-state index in [2.05, 4.69) is 23.3 Å². The van der Waals surface area contributed by atoms with Crippen LogP contribution in [0, 0.1) is 0 Å². The van der Waals surface area contributed by atoms with Crippen molar-refractivity contribution in [2.75, 3.05) is 6.54 Å². The summed E-state index contributed by atoms with van der Waals surface area (Å²) in [5, 5.41) is 4.23. The van der Waals surface area contributed by atoms with Gasteiger partial charge in [-0.2, -0.15) is 0 Å². The lowest BCUT2D eigenvalue weighted by Gasteiger charge is -2.13. The zero-order valence-corrected chi connectivity index (χ0v) is 11.9. The van der Waals surface area contributed by atoms with Gasteiger partial charge in [-0.1, -0.05) is 30.3 Å². The monoisotopic (exact) mass is 296 g/mol. The van der Waals surface area contributed by atoms with Crippen LogP contribution >= 0.6 is 12.6 Å². The van der Waals surface area contributed by atoms with Gasteiger partial charge in [-0.25, -0.2) is 4.79 Å². The second kappa shape index (κ2) is 8.21. The van der Waals surface area contributed by atoms with Crippen molar-refractivity contribution in [2.24, 2.45) is 0 Å². The number of nitrogens with one attached hydrogen (secondary N) is 2. The van der Waals surface area contributed by atoms with E-state index in [0.717, 1.165) is 5.56 Å². The summed E-state index contributed by atoms with van der Waals surface area (Å²) in [4.78, 5) is 33.6. The topological polar surface area (TPSA) is 84.5 Å². The largest absolute Gasteiger partial charge is 0.445 e. The Balaban J connectivity index is 2.30. The molecule has 0 unspecified atom stereocenters. The first-order valence-electron chi connectivity index (χ1n) is 5.95. The Morgan fingerprint density at radius 2 is 1.90 bits per heavy atom. The number of alkyl carbamates (subject to hydrolysis) is 1. The molecule has 0 saturated heterocycles. The Labute approximate surface area is 122 Å². The van der Waals surface area contributed by atoms with E-state index in [0.29, 0.717) is 0 Å². The van der Waals surface area contributed by atoms with E-state index in [1.165, 1.54) is 6.92 Å². The number of thiol groups is 1. The third kappa shape index (κ3) is 6.24. The van der Waals surface area contributed by atoms with Crippen molar-refractivity contribution in [1.29, 1.82) is 0 Å². The summed E-state index contributed by atoms with van der Waals surface area (Å²) < 4.78 is 4.96. The van der Waals surface area contributed by atoms with Crippen molar-refractivity contribution in [3.8, 4) is 0 Å². The predicted octanol–water partition coefficient (Wildman–Crippen LogP) is 0.874. The minimum Gasteiger partial charge on any atom is -0.445 e. The molecule has 0 aliphatic heterocycles. The van der Waals surface area contributed by atoms with E-state index in [1.807, 2.05) is 30.3 Å². The van der Waals surface area contributed by atoms with Gasteiger partial charge in [0, 0.05) is 0 Å². The van der Waals surface area contributed by atoms with E-state index >= 15 is 0 Å². The van der Waals surface area contributed by atoms with Crippen molar-refractivity contribution < 1.29 is 19.1 Å². The molecule has 7 heteroatoms. The van der Waals surface area contributed by atoms with Crippen molar-refractivity contribution in [3.63, 3.8) is 0 Å². The highest BCUT2D eigenvalue weighted by molar-refractivity contribution is 7.96. The van der Waals surface area contributed by atoms with Crippen LogP contribution in [0.15, 0.2) is 30.3 Å². The van der Waals surface area contributed by atoms with Gasteiger partial charge >= 0.3 is 6.09 Å². The molecule has 2 N–H and O–H groups in total. The Bertz CT molecular complexity index is 479. The van der Waals surface area contributed by atoms with Crippen LogP contribution in [0.1, 0.15) is 12.5 Å². The molecule has 0 spiro atoms. The van der Waals surface area contributed by atoms with E-state index in [9.17, 15) is 14.4 Å². The molecular weight excluding hydrogens is 280 g/mol. The maximum absolute atomic E-state index is 11.5. The normalized spacial score (nSPS) is 11.3. The third-order valence-electron chi connectivity index (χ3n) is 2.35. The average molecular weight is 296 g/mol. The first kappa shape index (κ1) is 16.0. The van der Waals surface area contributed by atoms with Crippen molar-refractivity contribution in [1.82, 2.24) is 10.6 Å². The lowest BCUT2D eigenvalue weighted by molar-refractivity contribution is -0.124. The van der Waals surface area contributed by atoms with Crippen LogP contribution in [0.2, 0.25) is 0 Å². The van der Waals surface area contributed by atoms with Gasteiger partial charge in [-0.05, 0) is 12.5 Å². The second-order valence-corrected chi connectivity index (χ2v) is 4.54. The molecule has 0 saturated carbocycles. The second-order valence-electron chi connectivity index (χ2n) is 4.04. The Morgan fingerprint density at radius 3 is 2.50 bits per heavy atom. The van der Waals surface area contributed by atoms with Crippen LogP contribution in [-0.2, 0) is 20.9 Å². The molecule has 1 rings (SSSR count). The lowest BCUT2D eigenvalue weighted by Crippen LogP contribution is -2.45. The van der Waals surface area contributed by atoms with Crippen LogP contribution in [0.4, 0.5) is 4.79 Å². The highest BCUT2D eigenvalue weighted by atomic mass is 32.1. The van der Waals surface area contributed by atoms with Gasteiger partial charge < -0.3 is 15.4 Å². The molecule has 0 heterocycles. The van der Waals surface area contributed by atoms with E-state index in [1.54, 1.807) is 0 Å². The molecular formula is C13H16N2O4S. The number of benzene rings is 1. The molecule has 0 fully saturated rings. The molecule has 20 heavy (non-hydrogen) atoms. The summed E-state index contributed by atoms with van der Waals surface area (Å²) in [5.74, 6) is -0.482. The zero-order chi connectivity index (χ0) is 15.0. The fourth-order valence-corrected chi connectivity index (χ4v) is 1.40. The maximum Gasteiger partial charge on any atom is 0.408 e. The van der Waals surface area contributed by atoms with Crippen LogP contribution in [0.25, 0.3) is 0 Å². The van der Waals surface area contributed by atoms with Gasteiger partial charge in [0.05, 0.1) is 6.54 Å². The van der Waals surface area contributed by atoms with Gasteiger partial charge in [-0.15, -0.1) is 12.6 Å². The zero-order valence-electron chi connectivity index (χ0n) is 11.0. The molecule has 0 aliphatic rings. The fourth-order valence-electron chi connectivity index (χ4n) is 1.32. The van der Waals surface area contributed by atoms with Crippen molar-refractivity contribution in [3.05, 3.63) is 35.9 Å². The summed E-state index contributed by atoms with van der Waals surface area (Å²) in [5.41, 5.74) is 0.848. The predicted molar refractivity (Wildman–Crippen MR) is 76.2 cm³/mol. The van der Waals surface area contributed by atoms with E-state index < -0.39 is 23.2 Å². The summed E-state index contributed by atoms with van der Waals surface area (Å²) in [6.45, 7) is 1.42. The molecule has 2 amide bonds. The molecule has 0 bridgehead atoms. The summed E-state index contributed by atoms with van der Waals surface area (Å²) >= 11 is 3.52. The Hall–Kier alpha value is -2.02. The molecule has 0 aromatic heterocycles. The number of hydrogen-bond acceptors (Lipinski definition) is 4. The van der Waals surface area contributed by atoms with Crippen molar-refractivity contribution >= 4 is 29.7 Å². The fraction of sp³-hybridized carbons (Fsp3) is 0.308. The van der Waals surface area contributed by atoms with E-state index in [4.69, 9.17) is 4.74 Å².